The molecule has 9 heteroatoms. The lowest BCUT2D eigenvalue weighted by molar-refractivity contribution is -0.139. The van der Waals surface area contributed by atoms with Crippen molar-refractivity contribution in [3.05, 3.63) is 44.7 Å². The lowest BCUT2D eigenvalue weighted by Gasteiger charge is -2.03. The smallest absolute Gasteiger partial charge is 0.341 e. The van der Waals surface area contributed by atoms with Gasteiger partial charge in [0.05, 0.1) is 9.95 Å². The molecule has 0 amide bonds. The highest BCUT2D eigenvalue weighted by Gasteiger charge is 2.39. The van der Waals surface area contributed by atoms with Gasteiger partial charge >= 0.3 is 5.97 Å². The van der Waals surface area contributed by atoms with Crippen LogP contribution in [0.25, 0.3) is 6.08 Å². The lowest BCUT2D eigenvalue weighted by atomic mass is 10.1. The maximum atomic E-state index is 12.7. The number of aryl methyl sites for hydroxylation is 1. The van der Waals surface area contributed by atoms with Crippen LogP contribution in [0.4, 0.5) is 0 Å². The molecule has 1 aromatic carbocycles. The van der Waals surface area contributed by atoms with E-state index in [2.05, 4.69) is 10.2 Å². The fourth-order valence-electron chi connectivity index (χ4n) is 2.30. The van der Waals surface area contributed by atoms with Gasteiger partial charge in [0, 0.05) is 0 Å². The molecule has 0 radical (unpaired) electrons. The number of benzene rings is 1. The average Bonchev–Trinajstić information content (AvgIpc) is 3.19. The number of thioether (sulfide) groups is 1. The fourth-order valence-corrected chi connectivity index (χ4v) is 4.25. The number of ketones is 1. The number of nitrogens with one attached hydrogen (secondary N) is 1. The van der Waals surface area contributed by atoms with Gasteiger partial charge in [-0.15, -0.1) is 21.5 Å². The van der Waals surface area contributed by atoms with E-state index in [4.69, 9.17) is 15.3 Å². The van der Waals surface area contributed by atoms with Gasteiger partial charge < -0.3 is 9.84 Å². The molecular weight excluding hydrogens is 374 g/mol. The summed E-state index contributed by atoms with van der Waals surface area (Å²) in [6.07, 6.45) is 2.46. The van der Waals surface area contributed by atoms with Gasteiger partial charge in [-0.25, -0.2) is 4.79 Å². The highest BCUT2D eigenvalue weighted by Crippen LogP contribution is 2.41. The van der Waals surface area contributed by atoms with E-state index >= 15 is 0 Å². The predicted molar refractivity (Wildman–Crippen MR) is 99.9 cm³/mol. The molecule has 7 nitrogen and oxygen atoms in total. The number of carboxylic acids is 1. The summed E-state index contributed by atoms with van der Waals surface area (Å²) in [6, 6.07) is 6.74. The zero-order valence-corrected chi connectivity index (χ0v) is 15.4. The zero-order valence-electron chi connectivity index (χ0n) is 13.8. The first-order chi connectivity index (χ1) is 12.5. The largest absolute Gasteiger partial charge is 0.482 e. The van der Waals surface area contributed by atoms with Crippen LogP contribution in [-0.2, 0) is 16.0 Å². The molecule has 1 atom stereocenters. The zero-order chi connectivity index (χ0) is 18.7. The lowest BCUT2D eigenvalue weighted by Crippen LogP contribution is -2.11. The summed E-state index contributed by atoms with van der Waals surface area (Å²) in [7, 11) is 0. The van der Waals surface area contributed by atoms with Crippen LogP contribution < -0.4 is 4.74 Å². The van der Waals surface area contributed by atoms with Crippen molar-refractivity contribution in [2.75, 3.05) is 6.61 Å². The Kier molecular flexibility index (Phi) is 5.48. The average molecular weight is 389 g/mol. The van der Waals surface area contributed by atoms with Crippen LogP contribution in [0.1, 0.15) is 28.4 Å². The van der Waals surface area contributed by atoms with Crippen LogP contribution in [0.15, 0.2) is 29.2 Å². The van der Waals surface area contributed by atoms with Gasteiger partial charge in [0.15, 0.2) is 12.4 Å². The summed E-state index contributed by atoms with van der Waals surface area (Å²) in [4.78, 5) is 23.7. The summed E-state index contributed by atoms with van der Waals surface area (Å²) >= 11 is 2.50. The Bertz CT molecular complexity index is 890. The fraction of sp³-hybridized carbons (Fsp3) is 0.235. The molecule has 0 bridgehead atoms. The van der Waals surface area contributed by atoms with Crippen molar-refractivity contribution < 1.29 is 19.4 Å². The van der Waals surface area contributed by atoms with E-state index in [-0.39, 0.29) is 10.8 Å². The quantitative estimate of drug-likeness (QED) is 0.730. The van der Waals surface area contributed by atoms with Gasteiger partial charge in [0.2, 0.25) is 0 Å². The molecular formula is C17H15N3O4S2. The van der Waals surface area contributed by atoms with Gasteiger partial charge in [-0.2, -0.15) is 0 Å². The third kappa shape index (κ3) is 4.00. The van der Waals surface area contributed by atoms with Gasteiger partial charge in [0.25, 0.3) is 0 Å². The minimum atomic E-state index is -1.04. The molecule has 2 aromatic rings. The summed E-state index contributed by atoms with van der Waals surface area (Å²) in [5.41, 5.74) is 0.767. The van der Waals surface area contributed by atoms with Gasteiger partial charge in [-0.1, -0.05) is 30.8 Å². The molecule has 1 saturated heterocycles. The molecule has 0 saturated carbocycles. The topological polar surface area (TPSA) is 113 Å². The second-order valence-corrected chi connectivity index (χ2v) is 7.59. The second kappa shape index (κ2) is 7.79. The van der Waals surface area contributed by atoms with E-state index in [0.717, 1.165) is 28.8 Å². The molecule has 1 aliphatic rings. The first-order valence-corrected chi connectivity index (χ1v) is 9.40. The molecule has 26 heavy (non-hydrogen) atoms. The summed E-state index contributed by atoms with van der Waals surface area (Å²) in [5.74, 6) is -1.42. The number of carbonyl (C=O) groups is 2. The van der Waals surface area contributed by atoms with E-state index in [9.17, 15) is 9.59 Å². The number of carboxylic acid groups (broad SMARTS) is 1. The number of hydrogen-bond donors (Lipinski definition) is 2. The highest BCUT2D eigenvalue weighted by atomic mass is 32.2. The number of allylic oxidation sites excluding steroid dienone is 1. The molecule has 0 spiro atoms. The number of aliphatic carboxylic acids is 1. The van der Waals surface area contributed by atoms with Crippen LogP contribution in [0.2, 0.25) is 0 Å². The molecule has 0 aliphatic carbocycles. The van der Waals surface area contributed by atoms with Crippen molar-refractivity contribution in [2.24, 2.45) is 0 Å². The number of nitrogens with zero attached hydrogens (tertiary/aromatic N) is 2. The standard InChI is InChI=1S/C17H15N3O4S2/c1-2-12-19-20-17(26-12)14-15(23)11(25-16(14)18)7-9-3-5-10(6-4-9)24-8-13(21)22/h3-7,14,18H,2,8H2,1H3,(H,21,22)/b11-7-,18-16?/t14-/m1/s1. The van der Waals surface area contributed by atoms with E-state index < -0.39 is 18.5 Å². The third-order valence-electron chi connectivity index (χ3n) is 3.56. The Balaban J connectivity index is 1.76. The molecule has 1 fully saturated rings. The molecule has 1 aliphatic heterocycles. The minimum absolute atomic E-state index is 0.148. The Hall–Kier alpha value is -2.52. The van der Waals surface area contributed by atoms with E-state index in [1.165, 1.54) is 11.3 Å². The van der Waals surface area contributed by atoms with Crippen LogP contribution in [-0.4, -0.2) is 38.7 Å². The van der Waals surface area contributed by atoms with Crippen molar-refractivity contribution in [3.63, 3.8) is 0 Å². The van der Waals surface area contributed by atoms with Crippen molar-refractivity contribution in [3.8, 4) is 5.75 Å². The first-order valence-electron chi connectivity index (χ1n) is 7.77. The SMILES string of the molecule is CCc1nnc([C@H]2C(=N)S/C(=C\c3ccc(OCC(=O)O)cc3)C2=O)s1. The molecule has 2 heterocycles. The maximum absolute atomic E-state index is 12.7. The number of Topliss-reactive ketones (excluding diaryl/α,β-unsaturated/α-hetero) is 1. The van der Waals surface area contributed by atoms with Gasteiger partial charge in [0.1, 0.15) is 21.7 Å². The third-order valence-corrected chi connectivity index (χ3v) is 5.69. The van der Waals surface area contributed by atoms with Gasteiger partial charge in [-0.05, 0) is 30.2 Å². The van der Waals surface area contributed by atoms with Crippen molar-refractivity contribution in [1.29, 1.82) is 5.41 Å². The second-order valence-electron chi connectivity index (χ2n) is 5.41. The maximum Gasteiger partial charge on any atom is 0.341 e. The van der Waals surface area contributed by atoms with Crippen molar-refractivity contribution in [2.45, 2.75) is 19.3 Å². The van der Waals surface area contributed by atoms with E-state index in [0.29, 0.717) is 15.7 Å². The van der Waals surface area contributed by atoms with Crippen molar-refractivity contribution >= 4 is 46.0 Å². The normalized spacial score (nSPS) is 18.5. The van der Waals surface area contributed by atoms with E-state index in [1.807, 2.05) is 6.92 Å². The highest BCUT2D eigenvalue weighted by molar-refractivity contribution is 8.19. The molecule has 1 aromatic heterocycles. The number of aromatic nitrogens is 2. The van der Waals surface area contributed by atoms with Crippen LogP contribution in [0.5, 0.6) is 5.75 Å². The number of ether oxygens (including phenoxy) is 1. The van der Waals surface area contributed by atoms with Gasteiger partial charge in [-0.3, -0.25) is 10.2 Å². The van der Waals surface area contributed by atoms with Crippen molar-refractivity contribution in [1.82, 2.24) is 10.2 Å². The van der Waals surface area contributed by atoms with E-state index in [1.54, 1.807) is 30.3 Å². The molecule has 3 rings (SSSR count). The number of rotatable bonds is 6. The van der Waals surface area contributed by atoms with Crippen LogP contribution in [0.3, 0.4) is 0 Å². The number of carbonyl (C=O) groups excluding carboxylic acids is 1. The molecule has 2 N–H and O–H groups in total. The Morgan fingerprint density at radius 3 is 2.69 bits per heavy atom. The minimum Gasteiger partial charge on any atom is -0.482 e. The Labute approximate surface area is 157 Å². The Morgan fingerprint density at radius 1 is 1.35 bits per heavy atom. The predicted octanol–water partition coefficient (Wildman–Crippen LogP) is 2.98. The molecule has 0 unspecified atom stereocenters. The van der Waals surface area contributed by atoms with Crippen LogP contribution >= 0.6 is 23.1 Å². The monoisotopic (exact) mass is 389 g/mol. The summed E-state index contributed by atoms with van der Waals surface area (Å²) < 4.78 is 5.08. The summed E-state index contributed by atoms with van der Waals surface area (Å²) in [6.45, 7) is 1.56. The van der Waals surface area contributed by atoms with Crippen LogP contribution in [0, 0.1) is 5.41 Å². The summed E-state index contributed by atoms with van der Waals surface area (Å²) in [5, 5.41) is 26.5. The number of hydrogen-bond acceptors (Lipinski definition) is 8. The first kappa shape index (κ1) is 18.3. The Morgan fingerprint density at radius 2 is 2.08 bits per heavy atom. The molecule has 134 valence electrons.